The second kappa shape index (κ2) is 8.27. The van der Waals surface area contributed by atoms with E-state index >= 15 is 0 Å². The van der Waals surface area contributed by atoms with E-state index in [9.17, 15) is 23.3 Å². The van der Waals surface area contributed by atoms with Crippen LogP contribution in [0.5, 0.6) is 0 Å². The van der Waals surface area contributed by atoms with Crippen LogP contribution in [0.1, 0.15) is 24.2 Å². The number of carbonyl (C=O) groups excluding carboxylic acids is 1. The normalized spacial score (nSPS) is 20.2. The van der Waals surface area contributed by atoms with E-state index in [2.05, 4.69) is 5.32 Å². The predicted octanol–water partition coefficient (Wildman–Crippen LogP) is 2.65. The summed E-state index contributed by atoms with van der Waals surface area (Å²) in [5, 5.41) is 13.4. The SMILES string of the molecule is C[C@@H]1CN(S(=O)(=O)c2ccc(C(=O)Nc3cccc([N+](=O)[O-])c3)cc2)C[C@H](C)O1. The first kappa shape index (κ1) is 20.9. The fourth-order valence-corrected chi connectivity index (χ4v) is 4.75. The number of hydrogen-bond acceptors (Lipinski definition) is 6. The maximum Gasteiger partial charge on any atom is 0.271 e. The van der Waals surface area contributed by atoms with Gasteiger partial charge in [0.1, 0.15) is 0 Å². The van der Waals surface area contributed by atoms with Gasteiger partial charge in [0.25, 0.3) is 11.6 Å². The van der Waals surface area contributed by atoms with Gasteiger partial charge < -0.3 is 10.1 Å². The number of ether oxygens (including phenoxy) is 1. The molecule has 2 atom stereocenters. The molecule has 1 N–H and O–H groups in total. The molecule has 0 aromatic heterocycles. The minimum atomic E-state index is -3.70. The quantitative estimate of drug-likeness (QED) is 0.588. The average molecular weight is 419 g/mol. The summed E-state index contributed by atoms with van der Waals surface area (Å²) >= 11 is 0. The number of carbonyl (C=O) groups is 1. The Morgan fingerprint density at radius 1 is 1.14 bits per heavy atom. The van der Waals surface area contributed by atoms with Crippen LogP contribution in [-0.2, 0) is 14.8 Å². The lowest BCUT2D eigenvalue weighted by Gasteiger charge is -2.34. The summed E-state index contributed by atoms with van der Waals surface area (Å²) < 4.78 is 32.7. The lowest BCUT2D eigenvalue weighted by molar-refractivity contribution is -0.384. The first-order valence-electron chi connectivity index (χ1n) is 8.98. The molecule has 0 aliphatic carbocycles. The van der Waals surface area contributed by atoms with Gasteiger partial charge in [0.05, 0.1) is 22.0 Å². The molecule has 29 heavy (non-hydrogen) atoms. The number of benzene rings is 2. The number of hydrogen-bond donors (Lipinski definition) is 1. The second-order valence-corrected chi connectivity index (χ2v) is 8.80. The van der Waals surface area contributed by atoms with Gasteiger partial charge in [-0.3, -0.25) is 14.9 Å². The van der Waals surface area contributed by atoms with Crippen molar-refractivity contribution in [1.29, 1.82) is 0 Å². The van der Waals surface area contributed by atoms with Crippen LogP contribution in [0.15, 0.2) is 53.4 Å². The predicted molar refractivity (Wildman–Crippen MR) is 106 cm³/mol. The van der Waals surface area contributed by atoms with E-state index in [0.717, 1.165) is 0 Å². The molecule has 2 aromatic rings. The zero-order valence-electron chi connectivity index (χ0n) is 15.9. The van der Waals surface area contributed by atoms with Gasteiger partial charge in [0.2, 0.25) is 10.0 Å². The molecule has 1 aliphatic rings. The van der Waals surface area contributed by atoms with Crippen LogP contribution < -0.4 is 5.32 Å². The number of nitro benzene ring substituents is 1. The molecular formula is C19H21N3O6S. The largest absolute Gasteiger partial charge is 0.373 e. The summed E-state index contributed by atoms with van der Waals surface area (Å²) in [6.45, 7) is 4.17. The highest BCUT2D eigenvalue weighted by molar-refractivity contribution is 7.89. The molecule has 154 valence electrons. The minimum absolute atomic E-state index is 0.0886. The Morgan fingerprint density at radius 3 is 2.34 bits per heavy atom. The Hall–Kier alpha value is -2.82. The highest BCUT2D eigenvalue weighted by Crippen LogP contribution is 2.22. The Labute approximate surface area is 168 Å². The number of non-ortho nitro benzene ring substituents is 1. The van der Waals surface area contributed by atoms with Crippen LogP contribution >= 0.6 is 0 Å². The third-order valence-corrected chi connectivity index (χ3v) is 6.30. The lowest BCUT2D eigenvalue weighted by Crippen LogP contribution is -2.48. The van der Waals surface area contributed by atoms with Crippen LogP contribution in [0.4, 0.5) is 11.4 Å². The molecule has 0 saturated carbocycles. The zero-order valence-corrected chi connectivity index (χ0v) is 16.8. The van der Waals surface area contributed by atoms with E-state index in [1.165, 1.54) is 52.8 Å². The number of nitrogens with one attached hydrogen (secondary N) is 1. The summed E-state index contributed by atoms with van der Waals surface area (Å²) in [4.78, 5) is 22.8. The van der Waals surface area contributed by atoms with Crippen LogP contribution in [0.25, 0.3) is 0 Å². The van der Waals surface area contributed by atoms with Gasteiger partial charge >= 0.3 is 0 Å². The van der Waals surface area contributed by atoms with Gasteiger partial charge in [-0.15, -0.1) is 0 Å². The molecule has 0 unspecified atom stereocenters. The van der Waals surface area contributed by atoms with Gasteiger partial charge in [-0.1, -0.05) is 6.07 Å². The Bertz CT molecular complexity index is 1010. The van der Waals surface area contributed by atoms with Crippen LogP contribution in [0.3, 0.4) is 0 Å². The Morgan fingerprint density at radius 2 is 1.76 bits per heavy atom. The average Bonchev–Trinajstić information content (AvgIpc) is 2.67. The van der Waals surface area contributed by atoms with E-state index in [1.54, 1.807) is 0 Å². The number of rotatable bonds is 5. The third-order valence-electron chi connectivity index (χ3n) is 4.46. The van der Waals surface area contributed by atoms with Crippen molar-refractivity contribution in [3.63, 3.8) is 0 Å². The number of morpholine rings is 1. The molecule has 2 aromatic carbocycles. The van der Waals surface area contributed by atoms with Crippen molar-refractivity contribution in [2.75, 3.05) is 18.4 Å². The standard InChI is InChI=1S/C19H21N3O6S/c1-13-11-21(12-14(2)28-13)29(26,27)18-8-6-15(7-9-18)19(23)20-16-4-3-5-17(10-16)22(24)25/h3-10,13-14H,11-12H2,1-2H3,(H,20,23)/t13-,14+. The number of nitrogens with zero attached hydrogens (tertiary/aromatic N) is 2. The molecule has 1 fully saturated rings. The Balaban J connectivity index is 1.75. The van der Waals surface area contributed by atoms with E-state index < -0.39 is 20.9 Å². The zero-order chi connectivity index (χ0) is 21.2. The molecule has 0 spiro atoms. The Kier molecular flexibility index (Phi) is 5.96. The fraction of sp³-hybridized carbons (Fsp3) is 0.316. The molecule has 10 heteroatoms. The molecule has 1 amide bonds. The highest BCUT2D eigenvalue weighted by Gasteiger charge is 2.32. The fourth-order valence-electron chi connectivity index (χ4n) is 3.15. The van der Waals surface area contributed by atoms with Gasteiger partial charge in [-0.2, -0.15) is 4.31 Å². The molecule has 1 heterocycles. The highest BCUT2D eigenvalue weighted by atomic mass is 32.2. The smallest absolute Gasteiger partial charge is 0.271 e. The molecule has 1 aliphatic heterocycles. The summed E-state index contributed by atoms with van der Waals surface area (Å²) in [7, 11) is -3.70. The van der Waals surface area contributed by atoms with Crippen molar-refractivity contribution in [1.82, 2.24) is 4.31 Å². The van der Waals surface area contributed by atoms with E-state index in [0.29, 0.717) is 0 Å². The summed E-state index contributed by atoms with van der Waals surface area (Å²) in [6, 6.07) is 11.1. The van der Waals surface area contributed by atoms with Crippen molar-refractivity contribution in [3.05, 3.63) is 64.2 Å². The number of anilines is 1. The summed E-state index contributed by atoms with van der Waals surface area (Å²) in [5.74, 6) is -0.497. The topological polar surface area (TPSA) is 119 Å². The van der Waals surface area contributed by atoms with Crippen molar-refractivity contribution in [2.24, 2.45) is 0 Å². The van der Waals surface area contributed by atoms with Crippen molar-refractivity contribution < 1.29 is 22.9 Å². The molecule has 1 saturated heterocycles. The molecule has 0 radical (unpaired) electrons. The minimum Gasteiger partial charge on any atom is -0.373 e. The van der Waals surface area contributed by atoms with E-state index in [4.69, 9.17) is 4.74 Å². The first-order valence-corrected chi connectivity index (χ1v) is 10.4. The van der Waals surface area contributed by atoms with Crippen molar-refractivity contribution in [2.45, 2.75) is 31.0 Å². The van der Waals surface area contributed by atoms with Gasteiger partial charge in [-0.25, -0.2) is 8.42 Å². The van der Waals surface area contributed by atoms with Gasteiger partial charge in [0, 0.05) is 36.5 Å². The second-order valence-electron chi connectivity index (χ2n) is 6.87. The van der Waals surface area contributed by atoms with Gasteiger partial charge in [-0.05, 0) is 44.2 Å². The number of sulfonamides is 1. The maximum absolute atomic E-state index is 12.9. The summed E-state index contributed by atoms with van der Waals surface area (Å²) in [6.07, 6.45) is -0.401. The summed E-state index contributed by atoms with van der Waals surface area (Å²) in [5.41, 5.74) is 0.370. The number of nitro groups is 1. The van der Waals surface area contributed by atoms with Gasteiger partial charge in [0.15, 0.2) is 0 Å². The maximum atomic E-state index is 12.9. The first-order chi connectivity index (χ1) is 13.7. The molecular weight excluding hydrogens is 398 g/mol. The molecule has 0 bridgehead atoms. The van der Waals surface area contributed by atoms with E-state index in [1.807, 2.05) is 13.8 Å². The van der Waals surface area contributed by atoms with Crippen molar-refractivity contribution >= 4 is 27.3 Å². The van der Waals surface area contributed by atoms with Crippen molar-refractivity contribution in [3.8, 4) is 0 Å². The van der Waals surface area contributed by atoms with E-state index in [-0.39, 0.29) is 47.1 Å². The third kappa shape index (κ3) is 4.78. The van der Waals surface area contributed by atoms with Crippen LogP contribution in [0, 0.1) is 10.1 Å². The number of amides is 1. The molecule has 3 rings (SSSR count). The van der Waals surface area contributed by atoms with Crippen LogP contribution in [-0.4, -0.2) is 48.9 Å². The van der Waals surface area contributed by atoms with Crippen LogP contribution in [0.2, 0.25) is 0 Å². The monoisotopic (exact) mass is 419 g/mol. The molecule has 9 nitrogen and oxygen atoms in total. The lowest BCUT2D eigenvalue weighted by atomic mass is 10.2.